The summed E-state index contributed by atoms with van der Waals surface area (Å²) < 4.78 is 17.5. The zero-order valence-electron chi connectivity index (χ0n) is 19.6. The molecule has 174 valence electrons. The van der Waals surface area contributed by atoms with Crippen LogP contribution in [0.15, 0.2) is 0 Å². The van der Waals surface area contributed by atoms with E-state index in [9.17, 15) is 14.4 Å². The zero-order chi connectivity index (χ0) is 22.6. The van der Waals surface area contributed by atoms with E-state index in [1.807, 2.05) is 0 Å². The highest BCUT2D eigenvalue weighted by atomic mass is 16.6. The highest BCUT2D eigenvalue weighted by Gasteiger charge is 2.64. The summed E-state index contributed by atoms with van der Waals surface area (Å²) in [5, 5.41) is 0. The summed E-state index contributed by atoms with van der Waals surface area (Å²) in [5.74, 6) is 0.804. The molecule has 0 spiro atoms. The maximum atomic E-state index is 12.1. The minimum Gasteiger partial charge on any atom is -0.463 e. The van der Waals surface area contributed by atoms with Crippen LogP contribution in [0.3, 0.4) is 0 Å². The van der Waals surface area contributed by atoms with Gasteiger partial charge in [-0.25, -0.2) is 0 Å². The number of carbonyl (C=O) groups is 3. The summed E-state index contributed by atoms with van der Waals surface area (Å²) in [4.78, 5) is 35.5. The van der Waals surface area contributed by atoms with E-state index in [1.54, 1.807) is 0 Å². The van der Waals surface area contributed by atoms with Gasteiger partial charge in [0.05, 0.1) is 0 Å². The lowest BCUT2D eigenvalue weighted by Gasteiger charge is -2.62. The summed E-state index contributed by atoms with van der Waals surface area (Å²) >= 11 is 0. The molecule has 6 heteroatoms. The number of hydrogen-bond donors (Lipinski definition) is 0. The first-order valence-electron chi connectivity index (χ1n) is 12.0. The van der Waals surface area contributed by atoms with E-state index in [-0.39, 0.29) is 53.0 Å². The normalized spacial score (nSPS) is 46.2. The summed E-state index contributed by atoms with van der Waals surface area (Å²) in [6, 6.07) is 0. The maximum Gasteiger partial charge on any atom is 0.302 e. The summed E-state index contributed by atoms with van der Waals surface area (Å²) in [6.07, 6.45) is 7.44. The Hall–Kier alpha value is -1.59. The third-order valence-corrected chi connectivity index (χ3v) is 9.19. The molecule has 9 atom stereocenters. The topological polar surface area (TPSA) is 78.9 Å². The number of fused-ring (bicyclic) bond motifs is 5. The van der Waals surface area contributed by atoms with Crippen molar-refractivity contribution in [3.05, 3.63) is 0 Å². The van der Waals surface area contributed by atoms with Gasteiger partial charge in [-0.15, -0.1) is 0 Å². The molecule has 0 aliphatic heterocycles. The van der Waals surface area contributed by atoms with Crippen LogP contribution in [0.1, 0.15) is 86.0 Å². The first-order chi connectivity index (χ1) is 14.5. The van der Waals surface area contributed by atoms with Crippen molar-refractivity contribution in [3.63, 3.8) is 0 Å². The minimum absolute atomic E-state index is 0.00848. The SMILES string of the molecule is CC(=O)O[C@H]1C[C@H]2[C@@H]3CC[C@H]4[C@@H](OC(C)=O)CCC[C@]4(C)[C@H]3[C@H](OC(C)=O)C[C@]2(C)C1. The van der Waals surface area contributed by atoms with Crippen molar-refractivity contribution in [2.24, 2.45) is 34.5 Å². The number of rotatable bonds is 3. The van der Waals surface area contributed by atoms with Crippen molar-refractivity contribution < 1.29 is 28.6 Å². The second kappa shape index (κ2) is 8.08. The van der Waals surface area contributed by atoms with E-state index in [0.717, 1.165) is 51.4 Å². The Morgan fingerprint density at radius 1 is 0.774 bits per heavy atom. The van der Waals surface area contributed by atoms with Crippen LogP contribution < -0.4 is 0 Å². The van der Waals surface area contributed by atoms with Gasteiger partial charge in [-0.3, -0.25) is 14.4 Å². The summed E-state index contributed by atoms with van der Waals surface area (Å²) in [7, 11) is 0. The first-order valence-corrected chi connectivity index (χ1v) is 12.0. The van der Waals surface area contributed by atoms with E-state index in [0.29, 0.717) is 17.8 Å². The largest absolute Gasteiger partial charge is 0.463 e. The number of esters is 3. The van der Waals surface area contributed by atoms with Gasteiger partial charge in [-0.1, -0.05) is 13.8 Å². The van der Waals surface area contributed by atoms with Gasteiger partial charge in [0.15, 0.2) is 0 Å². The first kappa shape index (κ1) is 22.6. The van der Waals surface area contributed by atoms with E-state index in [2.05, 4.69) is 13.8 Å². The molecule has 0 radical (unpaired) electrons. The molecule has 4 saturated carbocycles. The molecule has 0 heterocycles. The Labute approximate surface area is 185 Å². The molecule has 6 nitrogen and oxygen atoms in total. The molecule has 0 saturated heterocycles. The van der Waals surface area contributed by atoms with E-state index < -0.39 is 0 Å². The molecule has 0 N–H and O–H groups in total. The van der Waals surface area contributed by atoms with Gasteiger partial charge in [-0.2, -0.15) is 0 Å². The number of ether oxygens (including phenoxy) is 3. The molecule has 0 aromatic carbocycles. The monoisotopic (exact) mass is 434 g/mol. The van der Waals surface area contributed by atoms with Crippen LogP contribution in [0.2, 0.25) is 0 Å². The lowest BCUT2D eigenvalue weighted by Crippen LogP contribution is -2.60. The van der Waals surface area contributed by atoms with Crippen molar-refractivity contribution >= 4 is 17.9 Å². The van der Waals surface area contributed by atoms with Crippen molar-refractivity contribution in [1.82, 2.24) is 0 Å². The fourth-order valence-electron chi connectivity index (χ4n) is 8.46. The third-order valence-electron chi connectivity index (χ3n) is 9.19. The molecule has 0 unspecified atom stereocenters. The average molecular weight is 435 g/mol. The van der Waals surface area contributed by atoms with Gasteiger partial charge in [0.25, 0.3) is 0 Å². The smallest absolute Gasteiger partial charge is 0.302 e. The van der Waals surface area contributed by atoms with Gasteiger partial charge in [0, 0.05) is 32.6 Å². The Balaban J connectivity index is 1.67. The minimum atomic E-state index is -0.224. The molecule has 4 aliphatic rings. The van der Waals surface area contributed by atoms with Crippen molar-refractivity contribution in [1.29, 1.82) is 0 Å². The van der Waals surface area contributed by atoms with E-state index >= 15 is 0 Å². The van der Waals surface area contributed by atoms with Gasteiger partial charge >= 0.3 is 17.9 Å². The van der Waals surface area contributed by atoms with Gasteiger partial charge in [0.2, 0.25) is 0 Å². The lowest BCUT2D eigenvalue weighted by molar-refractivity contribution is -0.205. The molecular weight excluding hydrogens is 396 g/mol. The van der Waals surface area contributed by atoms with Gasteiger partial charge in [-0.05, 0) is 74.0 Å². The zero-order valence-corrected chi connectivity index (χ0v) is 19.6. The van der Waals surface area contributed by atoms with Crippen molar-refractivity contribution in [3.8, 4) is 0 Å². The van der Waals surface area contributed by atoms with Crippen molar-refractivity contribution in [2.45, 2.75) is 104 Å². The summed E-state index contributed by atoms with van der Waals surface area (Å²) in [6.45, 7) is 9.13. The van der Waals surface area contributed by atoms with E-state index in [1.165, 1.54) is 20.8 Å². The van der Waals surface area contributed by atoms with Crippen LogP contribution in [0.5, 0.6) is 0 Å². The second-order valence-electron chi connectivity index (χ2n) is 11.2. The molecule has 0 aromatic heterocycles. The predicted octanol–water partition coefficient (Wildman–Crippen LogP) is 4.43. The Kier molecular flexibility index (Phi) is 5.89. The molecule has 4 fully saturated rings. The Morgan fingerprint density at radius 3 is 2.06 bits per heavy atom. The number of carbonyl (C=O) groups excluding carboxylic acids is 3. The van der Waals surface area contributed by atoms with Crippen LogP contribution in [0.4, 0.5) is 0 Å². The fraction of sp³-hybridized carbons (Fsp3) is 0.880. The molecule has 4 rings (SSSR count). The molecular formula is C25H38O6. The summed E-state index contributed by atoms with van der Waals surface area (Å²) in [5.41, 5.74) is -0.0171. The highest BCUT2D eigenvalue weighted by Crippen LogP contribution is 2.67. The third kappa shape index (κ3) is 4.00. The molecule has 0 bridgehead atoms. The lowest BCUT2D eigenvalue weighted by atomic mass is 9.44. The Bertz CT molecular complexity index is 748. The van der Waals surface area contributed by atoms with Crippen LogP contribution in [-0.2, 0) is 28.6 Å². The van der Waals surface area contributed by atoms with Gasteiger partial charge in [0.1, 0.15) is 18.3 Å². The van der Waals surface area contributed by atoms with Crippen LogP contribution >= 0.6 is 0 Å². The number of hydrogen-bond acceptors (Lipinski definition) is 6. The molecule has 0 amide bonds. The predicted molar refractivity (Wildman–Crippen MR) is 114 cm³/mol. The fourth-order valence-corrected chi connectivity index (χ4v) is 8.46. The quantitative estimate of drug-likeness (QED) is 0.483. The maximum absolute atomic E-state index is 12.1. The highest BCUT2D eigenvalue weighted by molar-refractivity contribution is 5.67. The molecule has 31 heavy (non-hydrogen) atoms. The van der Waals surface area contributed by atoms with Crippen LogP contribution in [-0.4, -0.2) is 36.2 Å². The Morgan fingerprint density at radius 2 is 1.42 bits per heavy atom. The van der Waals surface area contributed by atoms with Crippen LogP contribution in [0.25, 0.3) is 0 Å². The van der Waals surface area contributed by atoms with Gasteiger partial charge < -0.3 is 14.2 Å². The van der Waals surface area contributed by atoms with Crippen LogP contribution in [0, 0.1) is 34.5 Å². The standard InChI is InChI=1S/C25H38O6/c1-14(26)29-17-11-20-18-8-9-19-21(30-15(2)27)7-6-10-25(19,5)23(18)22(31-16(3)28)13-24(20,4)12-17/h17-23H,6-13H2,1-5H3/t17-,18-,19-,20-,21-,22+,23+,24-,25-/m0/s1. The average Bonchev–Trinajstić information content (AvgIpc) is 2.95. The van der Waals surface area contributed by atoms with E-state index in [4.69, 9.17) is 14.2 Å². The van der Waals surface area contributed by atoms with Crippen molar-refractivity contribution in [2.75, 3.05) is 0 Å². The second-order valence-corrected chi connectivity index (χ2v) is 11.2. The molecule has 0 aromatic rings. The molecule has 4 aliphatic carbocycles.